The van der Waals surface area contributed by atoms with Crippen molar-refractivity contribution in [2.45, 2.75) is 17.2 Å². The van der Waals surface area contributed by atoms with Gasteiger partial charge < -0.3 is 4.74 Å². The highest BCUT2D eigenvalue weighted by Crippen LogP contribution is 2.31. The van der Waals surface area contributed by atoms with Crippen molar-refractivity contribution in [3.63, 3.8) is 0 Å². The van der Waals surface area contributed by atoms with Crippen molar-refractivity contribution in [2.24, 2.45) is 0 Å². The lowest BCUT2D eigenvalue weighted by atomic mass is 9.91. The number of fused-ring (bicyclic) bond motifs is 1. The molecule has 0 bridgehead atoms. The topological polar surface area (TPSA) is 141 Å². The summed E-state index contributed by atoms with van der Waals surface area (Å²) in [6.07, 6.45) is 0.00402. The average molecular weight is 499 g/mol. The van der Waals surface area contributed by atoms with Crippen LogP contribution in [0.1, 0.15) is 17.0 Å². The molecule has 1 aromatic heterocycles. The number of carbonyl (C=O) groups excluding carboxylic acids is 1. The maximum Gasteiger partial charge on any atom is 0.311 e. The van der Waals surface area contributed by atoms with Gasteiger partial charge in [-0.05, 0) is 47.9 Å². The van der Waals surface area contributed by atoms with Gasteiger partial charge in [-0.1, -0.05) is 30.3 Å². The molecule has 0 aliphatic heterocycles. The van der Waals surface area contributed by atoms with Crippen LogP contribution >= 0.6 is 11.7 Å². The molecule has 0 aliphatic carbocycles. The first-order valence-electron chi connectivity index (χ1n) is 9.94. The van der Waals surface area contributed by atoms with Crippen molar-refractivity contribution in [1.82, 2.24) is 13.5 Å². The molecule has 1 atom stereocenters. The molecular formula is C22H18N4O6S2. The molecule has 1 unspecified atom stereocenters. The first kappa shape index (κ1) is 23.3. The van der Waals surface area contributed by atoms with Gasteiger partial charge in [0.15, 0.2) is 5.75 Å². The van der Waals surface area contributed by atoms with Gasteiger partial charge in [0.25, 0.3) is 10.0 Å². The number of benzene rings is 3. The minimum atomic E-state index is -4.12. The fourth-order valence-electron chi connectivity index (χ4n) is 3.48. The number of nitro benzene ring substituents is 1. The van der Waals surface area contributed by atoms with Crippen molar-refractivity contribution < 1.29 is 22.9 Å². The highest BCUT2D eigenvalue weighted by Gasteiger charge is 2.28. The van der Waals surface area contributed by atoms with Gasteiger partial charge in [-0.15, -0.1) is 0 Å². The van der Waals surface area contributed by atoms with E-state index in [-0.39, 0.29) is 22.8 Å². The average Bonchev–Trinajstić information content (AvgIpc) is 3.30. The number of nitro groups is 1. The molecule has 0 radical (unpaired) electrons. The highest BCUT2D eigenvalue weighted by molar-refractivity contribution is 7.90. The van der Waals surface area contributed by atoms with Crippen molar-refractivity contribution in [3.8, 4) is 5.75 Å². The van der Waals surface area contributed by atoms with Crippen LogP contribution in [0.2, 0.25) is 0 Å². The summed E-state index contributed by atoms with van der Waals surface area (Å²) in [5.41, 5.74) is 1.91. The Kier molecular flexibility index (Phi) is 6.52. The number of sulfonamides is 1. The van der Waals surface area contributed by atoms with Crippen LogP contribution in [0.25, 0.3) is 11.0 Å². The predicted molar refractivity (Wildman–Crippen MR) is 125 cm³/mol. The van der Waals surface area contributed by atoms with E-state index in [1.807, 2.05) is 0 Å². The summed E-state index contributed by atoms with van der Waals surface area (Å²) >= 11 is 1.02. The Morgan fingerprint density at radius 2 is 1.82 bits per heavy atom. The molecule has 10 nitrogen and oxygen atoms in total. The Labute approximate surface area is 198 Å². The Hall–Kier alpha value is -3.90. The minimum absolute atomic E-state index is 0.00402. The molecule has 4 rings (SSSR count). The van der Waals surface area contributed by atoms with Gasteiger partial charge in [-0.25, -0.2) is 13.1 Å². The van der Waals surface area contributed by atoms with Gasteiger partial charge in [-0.3, -0.25) is 14.9 Å². The molecule has 1 N–H and O–H groups in total. The van der Waals surface area contributed by atoms with Crippen LogP contribution in [-0.2, 0) is 21.2 Å². The zero-order chi connectivity index (χ0) is 24.3. The first-order chi connectivity index (χ1) is 16.3. The van der Waals surface area contributed by atoms with E-state index in [0.29, 0.717) is 22.2 Å². The van der Waals surface area contributed by atoms with Crippen molar-refractivity contribution in [3.05, 3.63) is 88.0 Å². The number of carbonyl (C=O) groups is 1. The number of nitrogens with zero attached hydrogens (tertiary/aromatic N) is 3. The molecule has 4 aromatic rings. The second kappa shape index (κ2) is 9.53. The number of ether oxygens (including phenoxy) is 1. The van der Waals surface area contributed by atoms with Crippen LogP contribution < -0.4 is 9.46 Å². The monoisotopic (exact) mass is 498 g/mol. The third-order valence-electron chi connectivity index (χ3n) is 5.16. The summed E-state index contributed by atoms with van der Waals surface area (Å²) < 4.78 is 41.0. The van der Waals surface area contributed by atoms with E-state index in [2.05, 4.69) is 13.5 Å². The van der Waals surface area contributed by atoms with E-state index >= 15 is 0 Å². The lowest BCUT2D eigenvalue weighted by molar-refractivity contribution is -0.385. The summed E-state index contributed by atoms with van der Waals surface area (Å²) in [5, 5.41) is 11.4. The fourth-order valence-corrected chi connectivity index (χ4v) is 5.04. The van der Waals surface area contributed by atoms with Gasteiger partial charge in [0.05, 0.1) is 34.6 Å². The first-order valence-corrected chi connectivity index (χ1v) is 12.1. The molecule has 0 saturated heterocycles. The van der Waals surface area contributed by atoms with E-state index in [0.717, 1.165) is 11.7 Å². The summed E-state index contributed by atoms with van der Waals surface area (Å²) in [6.45, 7) is 0. The Morgan fingerprint density at radius 3 is 2.53 bits per heavy atom. The number of hydrogen-bond acceptors (Lipinski definition) is 9. The molecule has 0 saturated carbocycles. The van der Waals surface area contributed by atoms with E-state index < -0.39 is 26.8 Å². The van der Waals surface area contributed by atoms with Crippen LogP contribution in [0.5, 0.6) is 5.75 Å². The second-order valence-corrected chi connectivity index (χ2v) is 9.53. The summed E-state index contributed by atoms with van der Waals surface area (Å²) in [4.78, 5) is 24.1. The molecule has 1 heterocycles. The van der Waals surface area contributed by atoms with Gasteiger partial charge in [0, 0.05) is 6.07 Å². The number of methoxy groups -OCH3 is 1. The van der Waals surface area contributed by atoms with Crippen LogP contribution in [0.3, 0.4) is 0 Å². The van der Waals surface area contributed by atoms with Crippen molar-refractivity contribution in [2.75, 3.05) is 7.11 Å². The largest absolute Gasteiger partial charge is 0.490 e. The van der Waals surface area contributed by atoms with Crippen LogP contribution in [0.4, 0.5) is 5.69 Å². The quantitative estimate of drug-likeness (QED) is 0.288. The van der Waals surface area contributed by atoms with Gasteiger partial charge in [0.2, 0.25) is 5.91 Å². The number of amides is 1. The van der Waals surface area contributed by atoms with E-state index in [1.54, 1.807) is 42.5 Å². The van der Waals surface area contributed by atoms with E-state index in [9.17, 15) is 23.3 Å². The number of rotatable bonds is 8. The molecule has 0 aliphatic rings. The lowest BCUT2D eigenvalue weighted by Gasteiger charge is -2.18. The van der Waals surface area contributed by atoms with E-state index in [1.165, 1.54) is 31.4 Å². The molecule has 12 heteroatoms. The SMILES string of the molecule is COc1ccc(CC(C(=O)NS(=O)(=O)c2ccccc2)c2ccc3nsnc3c2)cc1[N+](=O)[O-]. The summed E-state index contributed by atoms with van der Waals surface area (Å²) in [7, 11) is -2.80. The maximum atomic E-state index is 13.3. The van der Waals surface area contributed by atoms with Gasteiger partial charge in [-0.2, -0.15) is 8.75 Å². The third kappa shape index (κ3) is 4.87. The Bertz CT molecular complexity index is 1470. The number of nitrogens with one attached hydrogen (secondary N) is 1. The molecular weight excluding hydrogens is 480 g/mol. The Balaban J connectivity index is 1.72. The molecule has 3 aromatic carbocycles. The number of hydrogen-bond donors (Lipinski definition) is 1. The van der Waals surface area contributed by atoms with E-state index in [4.69, 9.17) is 4.74 Å². The maximum absolute atomic E-state index is 13.3. The second-order valence-electron chi connectivity index (χ2n) is 7.32. The molecule has 1 amide bonds. The molecule has 174 valence electrons. The van der Waals surface area contributed by atoms with Gasteiger partial charge >= 0.3 is 5.69 Å². The normalized spacial score (nSPS) is 12.3. The highest BCUT2D eigenvalue weighted by atomic mass is 32.2. The van der Waals surface area contributed by atoms with Crippen LogP contribution in [0, 0.1) is 10.1 Å². The van der Waals surface area contributed by atoms with Crippen molar-refractivity contribution in [1.29, 1.82) is 0 Å². The lowest BCUT2D eigenvalue weighted by Crippen LogP contribution is -2.35. The predicted octanol–water partition coefficient (Wildman–Crippen LogP) is 3.44. The number of aromatic nitrogens is 2. The third-order valence-corrected chi connectivity index (χ3v) is 7.08. The summed E-state index contributed by atoms with van der Waals surface area (Å²) in [6, 6.07) is 16.9. The van der Waals surface area contributed by atoms with Crippen molar-refractivity contribution >= 4 is 44.4 Å². The van der Waals surface area contributed by atoms with Crippen LogP contribution in [-0.4, -0.2) is 35.1 Å². The minimum Gasteiger partial charge on any atom is -0.490 e. The fraction of sp³-hybridized carbons (Fsp3) is 0.136. The Morgan fingerprint density at radius 1 is 1.09 bits per heavy atom. The zero-order valence-corrected chi connectivity index (χ0v) is 19.4. The zero-order valence-electron chi connectivity index (χ0n) is 17.7. The van der Waals surface area contributed by atoms with Crippen LogP contribution in [0.15, 0.2) is 71.6 Å². The molecule has 0 spiro atoms. The smallest absolute Gasteiger partial charge is 0.311 e. The molecule has 34 heavy (non-hydrogen) atoms. The standard InChI is InChI=1S/C22H18N4O6S2/c1-32-21-10-7-14(12-20(21)26(28)29)11-17(15-8-9-18-19(13-15)24-33-23-18)22(27)25-34(30,31)16-5-3-2-4-6-16/h2-10,12-13,17H,11H2,1H3,(H,25,27). The van der Waals surface area contributed by atoms with Gasteiger partial charge in [0.1, 0.15) is 11.0 Å². The summed E-state index contributed by atoms with van der Waals surface area (Å²) in [5.74, 6) is -1.67. The molecule has 0 fully saturated rings.